The van der Waals surface area contributed by atoms with Crippen molar-refractivity contribution in [3.05, 3.63) is 39.2 Å². The number of hydrogen-bond donors (Lipinski definition) is 0. The monoisotopic (exact) mass is 207 g/mol. The SMILES string of the molecule is C[CH]c1cc(Cl)c(Cl)cc1Cl. The Morgan fingerprint density at radius 2 is 1.55 bits per heavy atom. The summed E-state index contributed by atoms with van der Waals surface area (Å²) >= 11 is 17.3. The molecule has 59 valence electrons. The summed E-state index contributed by atoms with van der Waals surface area (Å²) in [5.74, 6) is 0. The molecule has 0 bridgehead atoms. The first-order valence-electron chi connectivity index (χ1n) is 3.09. The minimum atomic E-state index is 0.488. The Kier molecular flexibility index (Phi) is 3.06. The molecule has 0 aliphatic rings. The summed E-state index contributed by atoms with van der Waals surface area (Å²) in [5, 5.41) is 1.65. The molecule has 0 N–H and O–H groups in total. The van der Waals surface area contributed by atoms with Gasteiger partial charge in [-0.1, -0.05) is 41.7 Å². The highest BCUT2D eigenvalue weighted by Crippen LogP contribution is 2.29. The molecule has 3 heteroatoms. The first kappa shape index (κ1) is 9.18. The van der Waals surface area contributed by atoms with E-state index in [0.717, 1.165) is 5.56 Å². The van der Waals surface area contributed by atoms with Gasteiger partial charge in [-0.2, -0.15) is 0 Å². The van der Waals surface area contributed by atoms with E-state index in [1.807, 2.05) is 13.3 Å². The van der Waals surface area contributed by atoms with E-state index in [1.165, 1.54) is 0 Å². The van der Waals surface area contributed by atoms with Gasteiger partial charge in [-0.25, -0.2) is 0 Å². The van der Waals surface area contributed by atoms with Crippen molar-refractivity contribution in [1.29, 1.82) is 0 Å². The maximum absolute atomic E-state index is 5.83. The van der Waals surface area contributed by atoms with Gasteiger partial charge in [0.1, 0.15) is 0 Å². The maximum Gasteiger partial charge on any atom is 0.0607 e. The summed E-state index contributed by atoms with van der Waals surface area (Å²) in [7, 11) is 0. The van der Waals surface area contributed by atoms with E-state index >= 15 is 0 Å². The van der Waals surface area contributed by atoms with Crippen LogP contribution in [0.1, 0.15) is 12.5 Å². The molecule has 0 atom stereocenters. The lowest BCUT2D eigenvalue weighted by molar-refractivity contribution is 1.42. The Morgan fingerprint density at radius 1 is 1.00 bits per heavy atom. The van der Waals surface area contributed by atoms with E-state index in [1.54, 1.807) is 12.1 Å². The second kappa shape index (κ2) is 3.66. The van der Waals surface area contributed by atoms with Crippen molar-refractivity contribution in [2.24, 2.45) is 0 Å². The van der Waals surface area contributed by atoms with Crippen molar-refractivity contribution >= 4 is 34.8 Å². The summed E-state index contributed by atoms with van der Waals surface area (Å²) in [6.45, 7) is 1.89. The Morgan fingerprint density at radius 3 is 2.09 bits per heavy atom. The van der Waals surface area contributed by atoms with Gasteiger partial charge < -0.3 is 0 Å². The average molecular weight is 208 g/mol. The van der Waals surface area contributed by atoms with Gasteiger partial charge in [0.25, 0.3) is 0 Å². The zero-order valence-electron chi connectivity index (χ0n) is 5.87. The second-order valence-electron chi connectivity index (χ2n) is 2.08. The molecule has 0 spiro atoms. The molecule has 0 fully saturated rings. The largest absolute Gasteiger partial charge is 0.0840 e. The van der Waals surface area contributed by atoms with Crippen molar-refractivity contribution in [1.82, 2.24) is 0 Å². The molecule has 0 nitrogen and oxygen atoms in total. The Bertz CT molecular complexity index is 268. The normalized spacial score (nSPS) is 10.2. The standard InChI is InChI=1S/C8H6Cl3/c1-2-5-3-7(10)8(11)4-6(5)9/h2-4H,1H3. The van der Waals surface area contributed by atoms with Crippen LogP contribution in [-0.2, 0) is 0 Å². The summed E-state index contributed by atoms with van der Waals surface area (Å²) in [6, 6.07) is 3.38. The zero-order chi connectivity index (χ0) is 8.43. The molecule has 0 saturated heterocycles. The number of rotatable bonds is 1. The highest BCUT2D eigenvalue weighted by Gasteiger charge is 2.03. The van der Waals surface area contributed by atoms with Gasteiger partial charge in [-0.15, -0.1) is 0 Å². The van der Waals surface area contributed by atoms with Crippen LogP contribution < -0.4 is 0 Å². The predicted octanol–water partition coefficient (Wildman–Crippen LogP) is 4.22. The van der Waals surface area contributed by atoms with Crippen LogP contribution in [0, 0.1) is 6.42 Å². The Balaban J connectivity index is 3.21. The van der Waals surface area contributed by atoms with Gasteiger partial charge in [-0.3, -0.25) is 0 Å². The molecule has 0 aliphatic heterocycles. The molecule has 0 aromatic heterocycles. The molecule has 0 amide bonds. The lowest BCUT2D eigenvalue weighted by atomic mass is 10.2. The quantitative estimate of drug-likeness (QED) is 0.606. The van der Waals surface area contributed by atoms with Crippen LogP contribution in [-0.4, -0.2) is 0 Å². The van der Waals surface area contributed by atoms with Gasteiger partial charge in [0.2, 0.25) is 0 Å². The van der Waals surface area contributed by atoms with Gasteiger partial charge in [0.05, 0.1) is 10.0 Å². The van der Waals surface area contributed by atoms with Crippen molar-refractivity contribution in [2.75, 3.05) is 0 Å². The fraction of sp³-hybridized carbons (Fsp3) is 0.125. The highest BCUT2D eigenvalue weighted by atomic mass is 35.5. The smallest absolute Gasteiger partial charge is 0.0607 e. The lowest BCUT2D eigenvalue weighted by Crippen LogP contribution is -1.80. The van der Waals surface area contributed by atoms with Crippen molar-refractivity contribution < 1.29 is 0 Å². The van der Waals surface area contributed by atoms with Crippen LogP contribution in [0.5, 0.6) is 0 Å². The van der Waals surface area contributed by atoms with Crippen LogP contribution >= 0.6 is 34.8 Å². The molecule has 1 radical (unpaired) electrons. The fourth-order valence-electron chi connectivity index (χ4n) is 0.759. The van der Waals surface area contributed by atoms with Crippen molar-refractivity contribution in [3.8, 4) is 0 Å². The summed E-state index contributed by atoms with van der Waals surface area (Å²) < 4.78 is 0. The topological polar surface area (TPSA) is 0 Å². The average Bonchev–Trinajstić information content (AvgIpc) is 1.97. The van der Waals surface area contributed by atoms with E-state index in [4.69, 9.17) is 34.8 Å². The maximum atomic E-state index is 5.83. The van der Waals surface area contributed by atoms with Gasteiger partial charge >= 0.3 is 0 Å². The van der Waals surface area contributed by atoms with Crippen LogP contribution in [0.25, 0.3) is 0 Å². The molecular formula is C8H6Cl3. The van der Waals surface area contributed by atoms with E-state index < -0.39 is 0 Å². The number of benzene rings is 1. The van der Waals surface area contributed by atoms with E-state index in [0.29, 0.717) is 15.1 Å². The second-order valence-corrected chi connectivity index (χ2v) is 3.30. The molecule has 1 aromatic rings. The predicted molar refractivity (Wildman–Crippen MR) is 50.5 cm³/mol. The van der Waals surface area contributed by atoms with Gasteiger partial charge in [0, 0.05) is 5.02 Å². The molecule has 1 rings (SSSR count). The highest BCUT2D eigenvalue weighted by molar-refractivity contribution is 6.43. The Labute approximate surface area is 81.1 Å². The van der Waals surface area contributed by atoms with Crippen LogP contribution in [0.2, 0.25) is 15.1 Å². The van der Waals surface area contributed by atoms with E-state index in [-0.39, 0.29) is 0 Å². The lowest BCUT2D eigenvalue weighted by Gasteiger charge is -2.02. The molecule has 0 aliphatic carbocycles. The molecule has 1 aromatic carbocycles. The molecule has 0 saturated carbocycles. The third-order valence-electron chi connectivity index (χ3n) is 1.35. The Hall–Kier alpha value is 0.0900. The van der Waals surface area contributed by atoms with E-state index in [2.05, 4.69) is 0 Å². The number of hydrogen-bond acceptors (Lipinski definition) is 0. The third kappa shape index (κ3) is 2.02. The summed E-state index contributed by atoms with van der Waals surface area (Å²) in [4.78, 5) is 0. The van der Waals surface area contributed by atoms with Gasteiger partial charge in [0.15, 0.2) is 0 Å². The fourth-order valence-corrected chi connectivity index (χ4v) is 1.42. The zero-order valence-corrected chi connectivity index (χ0v) is 8.13. The third-order valence-corrected chi connectivity index (χ3v) is 2.40. The summed E-state index contributed by atoms with van der Waals surface area (Å²) in [6.07, 6.45) is 1.88. The molecule has 0 heterocycles. The van der Waals surface area contributed by atoms with Crippen LogP contribution in [0.3, 0.4) is 0 Å². The van der Waals surface area contributed by atoms with Crippen molar-refractivity contribution in [3.63, 3.8) is 0 Å². The molecule has 11 heavy (non-hydrogen) atoms. The van der Waals surface area contributed by atoms with Crippen LogP contribution in [0.15, 0.2) is 12.1 Å². The first-order valence-corrected chi connectivity index (χ1v) is 4.22. The first-order chi connectivity index (χ1) is 5.15. The summed E-state index contributed by atoms with van der Waals surface area (Å²) in [5.41, 5.74) is 0.904. The van der Waals surface area contributed by atoms with Gasteiger partial charge in [-0.05, 0) is 24.1 Å². The molecule has 0 unspecified atom stereocenters. The minimum Gasteiger partial charge on any atom is -0.0840 e. The molecular weight excluding hydrogens is 202 g/mol. The van der Waals surface area contributed by atoms with Crippen molar-refractivity contribution in [2.45, 2.75) is 6.92 Å². The minimum absolute atomic E-state index is 0.488. The van der Waals surface area contributed by atoms with E-state index in [9.17, 15) is 0 Å². The van der Waals surface area contributed by atoms with Crippen LogP contribution in [0.4, 0.5) is 0 Å². The number of halogens is 3.